The maximum Gasteiger partial charge on any atom is 0.0950 e. The van der Waals surface area contributed by atoms with Gasteiger partial charge in [0.2, 0.25) is 0 Å². The molecular formula is C13H15NOS2. The Bertz CT molecular complexity index is 439. The van der Waals surface area contributed by atoms with Crippen molar-refractivity contribution in [3.63, 3.8) is 0 Å². The van der Waals surface area contributed by atoms with Crippen LogP contribution in [0.5, 0.6) is 0 Å². The minimum Gasteiger partial charge on any atom is -0.392 e. The van der Waals surface area contributed by atoms with E-state index in [9.17, 15) is 5.11 Å². The van der Waals surface area contributed by atoms with Crippen molar-refractivity contribution in [2.45, 2.75) is 24.3 Å². The van der Waals surface area contributed by atoms with Crippen LogP contribution in [0.25, 0.3) is 0 Å². The molecule has 17 heavy (non-hydrogen) atoms. The minimum absolute atomic E-state index is 0.326. The molecular weight excluding hydrogens is 250 g/mol. The van der Waals surface area contributed by atoms with Crippen molar-refractivity contribution in [1.29, 1.82) is 0 Å². The molecule has 0 aliphatic carbocycles. The summed E-state index contributed by atoms with van der Waals surface area (Å²) in [6.07, 6.45) is 2.10. The molecule has 2 rings (SSSR count). The van der Waals surface area contributed by atoms with Gasteiger partial charge in [-0.05, 0) is 19.1 Å². The molecule has 2 aromatic rings. The third-order valence-electron chi connectivity index (χ3n) is 2.36. The van der Waals surface area contributed by atoms with E-state index in [0.29, 0.717) is 12.2 Å². The fourth-order valence-corrected chi connectivity index (χ4v) is 2.96. The van der Waals surface area contributed by atoms with Gasteiger partial charge in [-0.2, -0.15) is 0 Å². The number of hydrogen-bond donors (Lipinski definition) is 1. The van der Waals surface area contributed by atoms with Crippen LogP contribution in [0.3, 0.4) is 0 Å². The molecule has 1 aromatic heterocycles. The van der Waals surface area contributed by atoms with Crippen molar-refractivity contribution < 1.29 is 5.11 Å². The molecule has 90 valence electrons. The molecule has 1 heterocycles. The van der Waals surface area contributed by atoms with E-state index >= 15 is 0 Å². The summed E-state index contributed by atoms with van der Waals surface area (Å²) in [4.78, 5) is 5.37. The fraction of sp³-hybridized carbons (Fsp3) is 0.308. The van der Waals surface area contributed by atoms with Crippen LogP contribution in [0.15, 0.2) is 40.7 Å². The second-order valence-corrected chi connectivity index (χ2v) is 5.98. The number of nitrogens with zero attached hydrogens (tertiary/aromatic N) is 1. The lowest BCUT2D eigenvalue weighted by molar-refractivity contribution is 0.200. The van der Waals surface area contributed by atoms with Crippen molar-refractivity contribution >= 4 is 23.1 Å². The van der Waals surface area contributed by atoms with E-state index in [-0.39, 0.29) is 6.10 Å². The van der Waals surface area contributed by atoms with E-state index in [1.165, 1.54) is 10.5 Å². The van der Waals surface area contributed by atoms with Gasteiger partial charge in [0.1, 0.15) is 0 Å². The van der Waals surface area contributed by atoms with Crippen LogP contribution in [-0.4, -0.2) is 21.9 Å². The normalized spacial score (nSPS) is 12.6. The van der Waals surface area contributed by atoms with Crippen LogP contribution >= 0.6 is 23.1 Å². The molecule has 0 saturated carbocycles. The van der Waals surface area contributed by atoms with Gasteiger partial charge in [0.05, 0.1) is 11.1 Å². The number of aromatic nitrogens is 1. The highest BCUT2D eigenvalue weighted by molar-refractivity contribution is 7.99. The van der Waals surface area contributed by atoms with Crippen LogP contribution in [0, 0.1) is 6.92 Å². The third-order valence-corrected chi connectivity index (χ3v) is 4.32. The zero-order chi connectivity index (χ0) is 12.1. The lowest BCUT2D eigenvalue weighted by Crippen LogP contribution is -2.13. The Morgan fingerprint density at radius 2 is 2.12 bits per heavy atom. The number of aliphatic hydroxyl groups excluding tert-OH is 1. The summed E-state index contributed by atoms with van der Waals surface area (Å²) in [5.41, 5.74) is 1.26. The largest absolute Gasteiger partial charge is 0.392 e. The van der Waals surface area contributed by atoms with Crippen LogP contribution in [0.2, 0.25) is 0 Å². The first kappa shape index (κ1) is 12.6. The van der Waals surface area contributed by atoms with Gasteiger partial charge in [0, 0.05) is 28.6 Å². The number of aryl methyl sites for hydroxylation is 1. The standard InChI is InChI=1S/C13H15NOS2/c1-10-2-4-12(5-3-10)17-9-11(15)8-13-14-6-7-16-13/h2-7,11,15H,8-9H2,1H3. The SMILES string of the molecule is Cc1ccc(SCC(O)Cc2nccs2)cc1. The Morgan fingerprint density at radius 3 is 2.76 bits per heavy atom. The van der Waals surface area contributed by atoms with E-state index in [1.54, 1.807) is 29.3 Å². The smallest absolute Gasteiger partial charge is 0.0950 e. The number of hydrogen-bond acceptors (Lipinski definition) is 4. The first-order chi connectivity index (χ1) is 8.24. The molecule has 0 radical (unpaired) electrons. The first-order valence-electron chi connectivity index (χ1n) is 5.50. The van der Waals surface area contributed by atoms with Crippen LogP contribution < -0.4 is 0 Å². The zero-order valence-corrected chi connectivity index (χ0v) is 11.3. The predicted octanol–water partition coefficient (Wildman–Crippen LogP) is 3.15. The summed E-state index contributed by atoms with van der Waals surface area (Å²) in [6.45, 7) is 2.08. The van der Waals surface area contributed by atoms with Gasteiger partial charge in [-0.1, -0.05) is 17.7 Å². The van der Waals surface area contributed by atoms with E-state index in [4.69, 9.17) is 0 Å². The zero-order valence-electron chi connectivity index (χ0n) is 9.67. The predicted molar refractivity (Wildman–Crippen MR) is 73.7 cm³/mol. The van der Waals surface area contributed by atoms with Gasteiger partial charge in [-0.3, -0.25) is 0 Å². The monoisotopic (exact) mass is 265 g/mol. The maximum absolute atomic E-state index is 9.88. The minimum atomic E-state index is -0.326. The second-order valence-electron chi connectivity index (χ2n) is 3.91. The highest BCUT2D eigenvalue weighted by Crippen LogP contribution is 2.20. The summed E-state index contributed by atoms with van der Waals surface area (Å²) in [6, 6.07) is 8.37. The quantitative estimate of drug-likeness (QED) is 0.843. The van der Waals surface area contributed by atoms with Gasteiger partial charge < -0.3 is 5.11 Å². The molecule has 0 fully saturated rings. The topological polar surface area (TPSA) is 33.1 Å². The molecule has 0 saturated heterocycles. The molecule has 1 aromatic carbocycles. The van der Waals surface area contributed by atoms with E-state index in [0.717, 1.165) is 5.01 Å². The van der Waals surface area contributed by atoms with E-state index < -0.39 is 0 Å². The van der Waals surface area contributed by atoms with Crippen molar-refractivity contribution in [1.82, 2.24) is 4.98 Å². The molecule has 0 aliphatic rings. The summed E-state index contributed by atoms with van der Waals surface area (Å²) in [7, 11) is 0. The van der Waals surface area contributed by atoms with Crippen LogP contribution in [-0.2, 0) is 6.42 Å². The molecule has 0 bridgehead atoms. The van der Waals surface area contributed by atoms with Gasteiger partial charge in [-0.25, -0.2) is 4.98 Å². The Labute approximate surface area is 110 Å². The first-order valence-corrected chi connectivity index (χ1v) is 7.36. The van der Waals surface area contributed by atoms with Crippen LogP contribution in [0.1, 0.15) is 10.6 Å². The lowest BCUT2D eigenvalue weighted by Gasteiger charge is -2.08. The third kappa shape index (κ3) is 4.15. The number of thiazole rings is 1. The molecule has 0 spiro atoms. The average Bonchev–Trinajstić information content (AvgIpc) is 2.81. The van der Waals surface area contributed by atoms with Crippen molar-refractivity contribution in [3.05, 3.63) is 46.4 Å². The molecule has 2 nitrogen and oxygen atoms in total. The fourth-order valence-electron chi connectivity index (χ4n) is 1.44. The van der Waals surface area contributed by atoms with Gasteiger partial charge in [0.25, 0.3) is 0 Å². The molecule has 1 N–H and O–H groups in total. The molecule has 0 aliphatic heterocycles. The summed E-state index contributed by atoms with van der Waals surface area (Å²) in [5, 5.41) is 12.8. The van der Waals surface area contributed by atoms with Crippen LogP contribution in [0.4, 0.5) is 0 Å². The Kier molecular flexibility index (Phi) is 4.59. The van der Waals surface area contributed by atoms with E-state index in [2.05, 4.69) is 36.2 Å². The Morgan fingerprint density at radius 1 is 1.35 bits per heavy atom. The number of thioether (sulfide) groups is 1. The molecule has 0 amide bonds. The summed E-state index contributed by atoms with van der Waals surface area (Å²) in [5.74, 6) is 0.711. The van der Waals surface area contributed by atoms with Crippen molar-refractivity contribution in [2.75, 3.05) is 5.75 Å². The Hall–Kier alpha value is -0.840. The van der Waals surface area contributed by atoms with Crippen molar-refractivity contribution in [2.24, 2.45) is 0 Å². The van der Waals surface area contributed by atoms with Crippen molar-refractivity contribution in [3.8, 4) is 0 Å². The Balaban J connectivity index is 1.79. The molecule has 4 heteroatoms. The summed E-state index contributed by atoms with van der Waals surface area (Å²) >= 11 is 3.28. The number of aliphatic hydroxyl groups is 1. The average molecular weight is 265 g/mol. The number of rotatable bonds is 5. The van der Waals surface area contributed by atoms with Gasteiger partial charge in [-0.15, -0.1) is 23.1 Å². The second kappa shape index (κ2) is 6.19. The summed E-state index contributed by atoms with van der Waals surface area (Å²) < 4.78 is 0. The van der Waals surface area contributed by atoms with Gasteiger partial charge >= 0.3 is 0 Å². The molecule has 1 atom stereocenters. The maximum atomic E-state index is 9.88. The number of benzene rings is 1. The lowest BCUT2D eigenvalue weighted by atomic mass is 10.2. The highest BCUT2D eigenvalue weighted by atomic mass is 32.2. The van der Waals surface area contributed by atoms with Gasteiger partial charge in [0.15, 0.2) is 0 Å². The van der Waals surface area contributed by atoms with E-state index in [1.807, 2.05) is 5.38 Å². The highest BCUT2D eigenvalue weighted by Gasteiger charge is 2.08. The molecule has 1 unspecified atom stereocenters.